The Hall–Kier alpha value is -0.390. The summed E-state index contributed by atoms with van der Waals surface area (Å²) in [6.45, 7) is 5.96. The third-order valence-electron chi connectivity index (χ3n) is 1.84. The molecule has 0 aliphatic carbocycles. The van der Waals surface area contributed by atoms with Crippen LogP contribution in [0.15, 0.2) is 6.20 Å². The molecular formula is C9H13IN2O. The molecular weight excluding hydrogens is 279 g/mol. The van der Waals surface area contributed by atoms with Crippen LogP contribution in [0.2, 0.25) is 0 Å². The molecule has 0 unspecified atom stereocenters. The zero-order valence-electron chi connectivity index (χ0n) is 8.04. The van der Waals surface area contributed by atoms with Crippen molar-refractivity contribution in [3.8, 4) is 0 Å². The van der Waals surface area contributed by atoms with Gasteiger partial charge in [-0.05, 0) is 36.4 Å². The van der Waals surface area contributed by atoms with Crippen LogP contribution in [-0.4, -0.2) is 15.6 Å². The van der Waals surface area contributed by atoms with E-state index in [0.29, 0.717) is 12.5 Å². The normalized spacial score (nSPS) is 10.8. The van der Waals surface area contributed by atoms with E-state index >= 15 is 0 Å². The van der Waals surface area contributed by atoms with Crippen LogP contribution in [0.4, 0.5) is 0 Å². The molecule has 13 heavy (non-hydrogen) atoms. The first-order chi connectivity index (χ1) is 6.06. The van der Waals surface area contributed by atoms with E-state index in [1.54, 1.807) is 0 Å². The molecule has 3 nitrogen and oxygen atoms in total. The lowest BCUT2D eigenvalue weighted by Crippen LogP contribution is -2.00. The van der Waals surface area contributed by atoms with Crippen LogP contribution in [0.25, 0.3) is 0 Å². The molecule has 0 aliphatic rings. The Morgan fingerprint density at radius 3 is 2.69 bits per heavy atom. The second-order valence-corrected chi connectivity index (χ2v) is 4.21. The second kappa shape index (κ2) is 4.21. The number of hydrogen-bond acceptors (Lipinski definition) is 2. The largest absolute Gasteiger partial charge is 0.294 e. The summed E-state index contributed by atoms with van der Waals surface area (Å²) >= 11 is 2.10. The number of hydrogen-bond donors (Lipinski definition) is 0. The van der Waals surface area contributed by atoms with Gasteiger partial charge in [-0.1, -0.05) is 6.92 Å². The van der Waals surface area contributed by atoms with E-state index in [1.165, 1.54) is 0 Å². The highest BCUT2D eigenvalue weighted by Crippen LogP contribution is 2.14. The molecule has 0 fully saturated rings. The van der Waals surface area contributed by atoms with Crippen molar-refractivity contribution < 1.29 is 4.79 Å². The number of carbonyl (C=O) groups excluding carboxylic acids is 1. The fraction of sp³-hybridized carbons (Fsp3) is 0.556. The summed E-state index contributed by atoms with van der Waals surface area (Å²) in [4.78, 5) is 11.4. The highest BCUT2D eigenvalue weighted by atomic mass is 127. The van der Waals surface area contributed by atoms with E-state index in [1.807, 2.05) is 31.6 Å². The third kappa shape index (κ3) is 2.30. The molecule has 72 valence electrons. The average molecular weight is 292 g/mol. The van der Waals surface area contributed by atoms with Gasteiger partial charge in [-0.2, -0.15) is 5.10 Å². The van der Waals surface area contributed by atoms with Gasteiger partial charge >= 0.3 is 0 Å². The SMILES string of the molecule is CCC(=O)c1cn(C(C)C)nc1I. The number of rotatable bonds is 3. The summed E-state index contributed by atoms with van der Waals surface area (Å²) < 4.78 is 2.63. The Kier molecular flexibility index (Phi) is 3.47. The molecule has 0 saturated heterocycles. The van der Waals surface area contributed by atoms with Crippen molar-refractivity contribution in [2.45, 2.75) is 33.2 Å². The van der Waals surface area contributed by atoms with E-state index in [9.17, 15) is 4.79 Å². The van der Waals surface area contributed by atoms with Gasteiger partial charge in [0.05, 0.1) is 5.56 Å². The molecule has 0 saturated carbocycles. The summed E-state index contributed by atoms with van der Waals surface area (Å²) in [5, 5.41) is 4.26. The van der Waals surface area contributed by atoms with Crippen molar-refractivity contribution in [3.05, 3.63) is 15.5 Å². The van der Waals surface area contributed by atoms with E-state index < -0.39 is 0 Å². The predicted molar refractivity (Wildman–Crippen MR) is 60.0 cm³/mol. The van der Waals surface area contributed by atoms with E-state index in [0.717, 1.165) is 9.26 Å². The molecule has 0 aromatic carbocycles. The maximum atomic E-state index is 11.4. The Balaban J connectivity index is 3.03. The fourth-order valence-corrected chi connectivity index (χ4v) is 1.70. The van der Waals surface area contributed by atoms with Gasteiger partial charge in [-0.3, -0.25) is 9.48 Å². The van der Waals surface area contributed by atoms with E-state index in [-0.39, 0.29) is 5.78 Å². The van der Waals surface area contributed by atoms with Crippen LogP contribution in [0, 0.1) is 3.70 Å². The number of carbonyl (C=O) groups is 1. The lowest BCUT2D eigenvalue weighted by molar-refractivity contribution is 0.0987. The van der Waals surface area contributed by atoms with Crippen molar-refractivity contribution in [1.29, 1.82) is 0 Å². The van der Waals surface area contributed by atoms with Gasteiger partial charge in [0.25, 0.3) is 0 Å². The first-order valence-electron chi connectivity index (χ1n) is 4.34. The first kappa shape index (κ1) is 10.7. The molecule has 0 N–H and O–H groups in total. The lowest BCUT2D eigenvalue weighted by Gasteiger charge is -2.02. The summed E-state index contributed by atoms with van der Waals surface area (Å²) in [5.74, 6) is 0.163. The monoisotopic (exact) mass is 292 g/mol. The molecule has 1 rings (SSSR count). The maximum absolute atomic E-state index is 11.4. The molecule has 0 spiro atoms. The van der Waals surface area contributed by atoms with Gasteiger partial charge < -0.3 is 0 Å². The van der Waals surface area contributed by atoms with Gasteiger partial charge in [0, 0.05) is 18.7 Å². The molecule has 0 bridgehead atoms. The smallest absolute Gasteiger partial charge is 0.166 e. The quantitative estimate of drug-likeness (QED) is 0.634. The maximum Gasteiger partial charge on any atom is 0.166 e. The summed E-state index contributed by atoms with van der Waals surface area (Å²) in [6, 6.07) is 0.312. The molecule has 4 heteroatoms. The number of halogens is 1. The first-order valence-corrected chi connectivity index (χ1v) is 5.42. The second-order valence-electron chi connectivity index (χ2n) is 3.18. The Morgan fingerprint density at radius 2 is 2.31 bits per heavy atom. The summed E-state index contributed by atoms with van der Waals surface area (Å²) in [6.07, 6.45) is 2.37. The van der Waals surface area contributed by atoms with Crippen LogP contribution >= 0.6 is 22.6 Å². The van der Waals surface area contributed by atoms with Crippen LogP contribution in [-0.2, 0) is 0 Å². The predicted octanol–water partition coefficient (Wildman–Crippen LogP) is 2.66. The minimum atomic E-state index is 0.163. The number of ketones is 1. The highest BCUT2D eigenvalue weighted by molar-refractivity contribution is 14.1. The zero-order chi connectivity index (χ0) is 10.0. The van der Waals surface area contributed by atoms with Crippen LogP contribution in [0.3, 0.4) is 0 Å². The van der Waals surface area contributed by atoms with Crippen LogP contribution in [0.5, 0.6) is 0 Å². The minimum absolute atomic E-state index is 0.163. The fourth-order valence-electron chi connectivity index (χ4n) is 1.01. The standard InChI is InChI=1S/C9H13IN2O/c1-4-8(13)7-5-12(6(2)3)11-9(7)10/h5-6H,4H2,1-3H3. The van der Waals surface area contributed by atoms with Crippen LogP contribution in [0.1, 0.15) is 43.6 Å². The van der Waals surface area contributed by atoms with Gasteiger partial charge in [-0.15, -0.1) is 0 Å². The Morgan fingerprint density at radius 1 is 1.69 bits per heavy atom. The number of nitrogens with zero attached hydrogens (tertiary/aromatic N) is 2. The number of Topliss-reactive ketones (excluding diaryl/α,β-unsaturated/α-hetero) is 1. The van der Waals surface area contributed by atoms with Crippen molar-refractivity contribution in [2.24, 2.45) is 0 Å². The molecule has 1 aromatic heterocycles. The molecule has 0 aliphatic heterocycles. The highest BCUT2D eigenvalue weighted by Gasteiger charge is 2.13. The van der Waals surface area contributed by atoms with Crippen LogP contribution < -0.4 is 0 Å². The average Bonchev–Trinajstić information content (AvgIpc) is 2.46. The molecule has 0 atom stereocenters. The van der Waals surface area contributed by atoms with Crippen molar-refractivity contribution in [3.63, 3.8) is 0 Å². The molecule has 1 aromatic rings. The third-order valence-corrected chi connectivity index (χ3v) is 2.63. The summed E-state index contributed by atoms with van der Waals surface area (Å²) in [7, 11) is 0. The van der Waals surface area contributed by atoms with Gasteiger partial charge in [0.2, 0.25) is 0 Å². The van der Waals surface area contributed by atoms with Gasteiger partial charge in [0.15, 0.2) is 5.78 Å². The molecule has 0 radical (unpaired) electrons. The van der Waals surface area contributed by atoms with E-state index in [2.05, 4.69) is 27.7 Å². The molecule has 0 amide bonds. The summed E-state index contributed by atoms with van der Waals surface area (Å²) in [5.41, 5.74) is 0.747. The minimum Gasteiger partial charge on any atom is -0.294 e. The number of aromatic nitrogens is 2. The lowest BCUT2D eigenvalue weighted by atomic mass is 10.2. The topological polar surface area (TPSA) is 34.9 Å². The van der Waals surface area contributed by atoms with Gasteiger partial charge in [0.1, 0.15) is 3.70 Å². The van der Waals surface area contributed by atoms with Crippen molar-refractivity contribution >= 4 is 28.4 Å². The Bertz CT molecular complexity index is 317. The van der Waals surface area contributed by atoms with Crippen molar-refractivity contribution in [2.75, 3.05) is 0 Å². The Labute approximate surface area is 91.7 Å². The van der Waals surface area contributed by atoms with Gasteiger partial charge in [-0.25, -0.2) is 0 Å². The van der Waals surface area contributed by atoms with Crippen molar-refractivity contribution in [1.82, 2.24) is 9.78 Å². The van der Waals surface area contributed by atoms with E-state index in [4.69, 9.17) is 0 Å². The zero-order valence-corrected chi connectivity index (χ0v) is 10.2. The molecule has 1 heterocycles.